The van der Waals surface area contributed by atoms with Gasteiger partial charge in [-0.15, -0.1) is 0 Å². The van der Waals surface area contributed by atoms with Crippen LogP contribution in [-0.4, -0.2) is 78.8 Å². The number of benzene rings is 3. The first kappa shape index (κ1) is 38.2. The first-order chi connectivity index (χ1) is 27.0. The molecule has 1 aliphatic rings. The highest BCUT2D eigenvalue weighted by atomic mass is 35.5. The maximum absolute atomic E-state index is 13.4. The van der Waals surface area contributed by atoms with Crippen molar-refractivity contribution < 1.29 is 19.5 Å². The average molecular weight is 777 g/mol. The maximum Gasteiger partial charge on any atom is 0.262 e. The number of fused-ring (bicyclic) bond motifs is 1. The van der Waals surface area contributed by atoms with Gasteiger partial charge in [-0.05, 0) is 71.7 Å². The number of aryl methyl sites for hydroxylation is 2. The molecule has 7 rings (SSSR count). The van der Waals surface area contributed by atoms with Crippen molar-refractivity contribution in [1.82, 2.24) is 35.2 Å². The van der Waals surface area contributed by atoms with Gasteiger partial charge in [-0.3, -0.25) is 19.5 Å². The van der Waals surface area contributed by atoms with Crippen molar-refractivity contribution >= 4 is 40.2 Å². The van der Waals surface area contributed by atoms with Gasteiger partial charge in [0.25, 0.3) is 11.5 Å². The predicted molar refractivity (Wildman–Crippen MR) is 218 cm³/mol. The van der Waals surface area contributed by atoms with Crippen LogP contribution in [0.15, 0.2) is 81.7 Å². The number of nitrogen functional groups attached to an aromatic ring is 1. The Hall–Kier alpha value is -6.05. The van der Waals surface area contributed by atoms with Gasteiger partial charge in [0, 0.05) is 62.6 Å². The van der Waals surface area contributed by atoms with Gasteiger partial charge in [0.15, 0.2) is 5.76 Å². The summed E-state index contributed by atoms with van der Waals surface area (Å²) in [6, 6.07) is 18.9. The Morgan fingerprint density at radius 1 is 1.02 bits per heavy atom. The SMILES string of the molecule is CCN/C(=C\Cl)c1noc(-c2cc(C(C)C)c(O)cc2O)c1-c1ccc(CN2CCN(C(=O)c3ccc(CCc4c[nH]c5nc(N)[nH]c(=O)c45)cc3)CC2)cc1. The van der Waals surface area contributed by atoms with Crippen LogP contribution < -0.4 is 16.6 Å². The number of nitrogens with zero attached hydrogens (tertiary/aromatic N) is 4. The Morgan fingerprint density at radius 2 is 1.73 bits per heavy atom. The van der Waals surface area contributed by atoms with E-state index >= 15 is 0 Å². The number of phenols is 2. The molecule has 290 valence electrons. The van der Waals surface area contributed by atoms with Gasteiger partial charge in [0.1, 0.15) is 22.8 Å². The van der Waals surface area contributed by atoms with Crippen LogP contribution in [0.5, 0.6) is 11.5 Å². The van der Waals surface area contributed by atoms with Crippen molar-refractivity contribution in [3.8, 4) is 33.9 Å². The van der Waals surface area contributed by atoms with E-state index in [1.54, 1.807) is 12.3 Å². The van der Waals surface area contributed by atoms with Gasteiger partial charge in [0.2, 0.25) is 5.95 Å². The molecule has 0 saturated carbocycles. The number of nitrogens with two attached hydrogens (primary N) is 1. The Labute approximate surface area is 328 Å². The average Bonchev–Trinajstić information content (AvgIpc) is 3.81. The third kappa shape index (κ3) is 7.86. The largest absolute Gasteiger partial charge is 0.508 e. The van der Waals surface area contributed by atoms with Gasteiger partial charge in [-0.25, -0.2) is 0 Å². The summed E-state index contributed by atoms with van der Waals surface area (Å²) >= 11 is 6.24. The number of carbonyl (C=O) groups is 1. The van der Waals surface area contributed by atoms with E-state index in [0.29, 0.717) is 89.5 Å². The second-order valence-electron chi connectivity index (χ2n) is 14.3. The number of hydrogen-bond acceptors (Lipinski definition) is 10. The number of rotatable bonds is 12. The van der Waals surface area contributed by atoms with E-state index in [4.69, 9.17) is 21.9 Å². The molecule has 0 atom stereocenters. The van der Waals surface area contributed by atoms with Crippen LogP contribution in [0, 0.1) is 0 Å². The number of H-pyrrole nitrogens is 2. The zero-order valence-corrected chi connectivity index (χ0v) is 32.3. The summed E-state index contributed by atoms with van der Waals surface area (Å²) in [6.07, 6.45) is 3.14. The lowest BCUT2D eigenvalue weighted by Crippen LogP contribution is -2.48. The van der Waals surface area contributed by atoms with Crippen molar-refractivity contribution in [3.05, 3.63) is 116 Å². The molecule has 1 saturated heterocycles. The summed E-state index contributed by atoms with van der Waals surface area (Å²) in [5.41, 5.74) is 14.7. The van der Waals surface area contributed by atoms with E-state index in [9.17, 15) is 19.8 Å². The molecule has 0 aliphatic carbocycles. The molecular formula is C42H45ClN8O5. The minimum absolute atomic E-state index is 0.00880. The zero-order chi connectivity index (χ0) is 39.5. The lowest BCUT2D eigenvalue weighted by molar-refractivity contribution is 0.0628. The third-order valence-electron chi connectivity index (χ3n) is 10.3. The number of anilines is 1. The highest BCUT2D eigenvalue weighted by Gasteiger charge is 2.26. The summed E-state index contributed by atoms with van der Waals surface area (Å²) in [5, 5.41) is 29.5. The van der Waals surface area contributed by atoms with Crippen molar-refractivity contribution in [2.45, 2.75) is 46.1 Å². The fraction of sp³-hybridized carbons (Fsp3) is 0.286. The lowest BCUT2D eigenvalue weighted by atomic mass is 9.93. The molecule has 56 heavy (non-hydrogen) atoms. The van der Waals surface area contributed by atoms with Crippen molar-refractivity contribution in [1.29, 1.82) is 0 Å². The zero-order valence-electron chi connectivity index (χ0n) is 31.5. The number of carbonyl (C=O) groups excluding carboxylic acids is 1. The highest BCUT2D eigenvalue weighted by Crippen LogP contribution is 2.44. The molecule has 3 aromatic carbocycles. The van der Waals surface area contributed by atoms with Gasteiger partial charge >= 0.3 is 0 Å². The fourth-order valence-electron chi connectivity index (χ4n) is 7.27. The molecule has 3 aromatic heterocycles. The van der Waals surface area contributed by atoms with Crippen molar-refractivity contribution in [2.24, 2.45) is 0 Å². The quantitative estimate of drug-likeness (QED) is 0.0792. The number of nitrogens with one attached hydrogen (secondary N) is 3. The van der Waals surface area contributed by atoms with Crippen LogP contribution in [0.1, 0.15) is 65.0 Å². The van der Waals surface area contributed by atoms with E-state index in [-0.39, 0.29) is 34.8 Å². The minimum atomic E-state index is -0.261. The standard InChI is InChI=1S/C42H45ClN8O5/c1-4-45-32(21-43)37-35(38(56-49-37)31-19-30(24(2)3)33(52)20-34(31)53)27-10-8-26(9-11-27)23-50-15-17-51(18-16-50)41(55)28-12-5-25(6-13-28)7-14-29-22-46-39-36(29)40(54)48-42(44)47-39/h5-6,8-13,19-22,24,45,52-53H,4,7,14-18,23H2,1-3H3,(H4,44,46,47,48,54)/b32-21-. The molecule has 13 nitrogen and oxygen atoms in total. The number of amides is 1. The van der Waals surface area contributed by atoms with E-state index in [0.717, 1.165) is 35.3 Å². The normalized spacial score (nSPS) is 13.9. The first-order valence-corrected chi connectivity index (χ1v) is 19.1. The van der Waals surface area contributed by atoms with Crippen molar-refractivity contribution in [3.63, 3.8) is 0 Å². The second kappa shape index (κ2) is 16.4. The second-order valence-corrected chi connectivity index (χ2v) is 14.5. The van der Waals surface area contributed by atoms with Gasteiger partial charge in [-0.2, -0.15) is 4.98 Å². The fourth-order valence-corrected chi connectivity index (χ4v) is 7.45. The van der Waals surface area contributed by atoms with Gasteiger partial charge in [-0.1, -0.05) is 67.0 Å². The van der Waals surface area contributed by atoms with Crippen LogP contribution in [-0.2, 0) is 19.4 Å². The molecular weight excluding hydrogens is 732 g/mol. The lowest BCUT2D eigenvalue weighted by Gasteiger charge is -2.34. The number of piperazine rings is 1. The molecule has 1 fully saturated rings. The van der Waals surface area contributed by atoms with Gasteiger partial charge in [0.05, 0.1) is 22.2 Å². The minimum Gasteiger partial charge on any atom is -0.508 e. The molecule has 0 spiro atoms. The number of phenolic OH excluding ortho intramolecular Hbond substituents is 2. The smallest absolute Gasteiger partial charge is 0.262 e. The number of aromatic hydroxyl groups is 2. The molecule has 0 unspecified atom stereocenters. The number of aromatic nitrogens is 4. The monoisotopic (exact) mass is 776 g/mol. The molecule has 14 heteroatoms. The van der Waals surface area contributed by atoms with E-state index in [1.807, 2.05) is 62.1 Å². The van der Waals surface area contributed by atoms with E-state index < -0.39 is 0 Å². The Bertz CT molecular complexity index is 2440. The van der Waals surface area contributed by atoms with E-state index in [1.165, 1.54) is 11.6 Å². The summed E-state index contributed by atoms with van der Waals surface area (Å²) in [7, 11) is 0. The maximum atomic E-state index is 13.4. The van der Waals surface area contributed by atoms with Crippen LogP contribution in [0.2, 0.25) is 0 Å². The molecule has 4 heterocycles. The summed E-state index contributed by atoms with van der Waals surface area (Å²) in [6.45, 7) is 9.93. The molecule has 0 bridgehead atoms. The predicted octanol–water partition coefficient (Wildman–Crippen LogP) is 6.58. The first-order valence-electron chi connectivity index (χ1n) is 18.7. The van der Waals surface area contributed by atoms with Crippen LogP contribution in [0.25, 0.3) is 39.2 Å². The highest BCUT2D eigenvalue weighted by molar-refractivity contribution is 6.28. The Balaban J connectivity index is 0.991. The number of aromatic amines is 2. The van der Waals surface area contributed by atoms with Crippen LogP contribution >= 0.6 is 11.6 Å². The summed E-state index contributed by atoms with van der Waals surface area (Å²) < 4.78 is 5.90. The molecule has 7 N–H and O–H groups in total. The molecule has 1 aliphatic heterocycles. The summed E-state index contributed by atoms with van der Waals surface area (Å²) in [5.74, 6) is 0.354. The van der Waals surface area contributed by atoms with Gasteiger partial charge < -0.3 is 35.7 Å². The topological polar surface area (TPSA) is 190 Å². The Kier molecular flexibility index (Phi) is 11.2. The van der Waals surface area contributed by atoms with Crippen molar-refractivity contribution in [2.75, 3.05) is 38.5 Å². The van der Waals surface area contributed by atoms with Crippen LogP contribution in [0.4, 0.5) is 5.95 Å². The molecule has 6 aromatic rings. The Morgan fingerprint density at radius 3 is 2.41 bits per heavy atom. The number of hydrogen-bond donors (Lipinski definition) is 6. The molecule has 0 radical (unpaired) electrons. The third-order valence-corrected chi connectivity index (χ3v) is 10.5. The van der Waals surface area contributed by atoms with E-state index in [2.05, 4.69) is 42.5 Å². The van der Waals surface area contributed by atoms with Crippen LogP contribution in [0.3, 0.4) is 0 Å². The summed E-state index contributed by atoms with van der Waals surface area (Å²) in [4.78, 5) is 39.8. The molecule has 1 amide bonds. The number of halogens is 1.